The van der Waals surface area contributed by atoms with Crippen LogP contribution in [0.4, 0.5) is 23.5 Å². The Morgan fingerprint density at radius 1 is 1.00 bits per heavy atom. The molecule has 2 aromatic carbocycles. The number of hydrogen-bond acceptors (Lipinski definition) is 6. The number of sulfonamides is 1. The first kappa shape index (κ1) is 25.7. The topological polar surface area (TPSA) is 126 Å². The molecule has 0 saturated heterocycles. The maximum absolute atomic E-state index is 14.7. The van der Waals surface area contributed by atoms with E-state index >= 15 is 0 Å². The maximum atomic E-state index is 14.7. The summed E-state index contributed by atoms with van der Waals surface area (Å²) >= 11 is 0. The third kappa shape index (κ3) is 6.23. The van der Waals surface area contributed by atoms with E-state index in [0.717, 1.165) is 4.31 Å². The van der Waals surface area contributed by atoms with Crippen LogP contribution in [0.2, 0.25) is 0 Å². The van der Waals surface area contributed by atoms with Crippen LogP contribution in [0.3, 0.4) is 0 Å². The van der Waals surface area contributed by atoms with Gasteiger partial charge in [-0.3, -0.25) is 0 Å². The van der Waals surface area contributed by atoms with E-state index in [0.29, 0.717) is 22.3 Å². The molecule has 0 amide bonds. The Morgan fingerprint density at radius 2 is 1.55 bits per heavy atom. The third-order valence-corrected chi connectivity index (χ3v) is 6.02. The van der Waals surface area contributed by atoms with Crippen molar-refractivity contribution in [1.82, 2.24) is 14.3 Å². The molecule has 0 aliphatic heterocycles. The van der Waals surface area contributed by atoms with Crippen molar-refractivity contribution in [3.05, 3.63) is 60.7 Å². The fraction of sp³-hybridized carbons (Fsp3) is 0.150. The van der Waals surface area contributed by atoms with E-state index in [9.17, 15) is 26.0 Å². The fourth-order valence-electron chi connectivity index (χ4n) is 2.52. The first-order valence-electron chi connectivity index (χ1n) is 8.94. The van der Waals surface area contributed by atoms with E-state index in [1.165, 1.54) is 38.6 Å². The first-order chi connectivity index (χ1) is 15.2. The Labute approximate surface area is 186 Å². The predicted molar refractivity (Wildman–Crippen MR) is 112 cm³/mol. The van der Waals surface area contributed by atoms with E-state index < -0.39 is 28.0 Å². The van der Waals surface area contributed by atoms with Crippen molar-refractivity contribution < 1.29 is 35.9 Å². The number of hydrogen-bond donors (Lipinski definition) is 2. The molecule has 3 rings (SSSR count). The number of alkyl halides is 3. The van der Waals surface area contributed by atoms with Gasteiger partial charge in [-0.25, -0.2) is 31.9 Å². The smallest absolute Gasteiger partial charge is 0.475 e. The van der Waals surface area contributed by atoms with Gasteiger partial charge in [-0.05, 0) is 17.7 Å². The summed E-state index contributed by atoms with van der Waals surface area (Å²) in [5.41, 5.74) is 7.13. The van der Waals surface area contributed by atoms with E-state index in [4.69, 9.17) is 15.6 Å². The van der Waals surface area contributed by atoms with Crippen LogP contribution in [0.25, 0.3) is 22.3 Å². The molecule has 0 saturated carbocycles. The van der Waals surface area contributed by atoms with Crippen LogP contribution in [-0.2, 0) is 14.8 Å². The molecule has 0 radical (unpaired) electrons. The highest BCUT2D eigenvalue weighted by atomic mass is 32.2. The largest absolute Gasteiger partial charge is 0.490 e. The van der Waals surface area contributed by atoms with Crippen molar-refractivity contribution in [2.75, 3.05) is 19.8 Å². The standard InChI is InChI=1S/C18H17FN4O2S.C2HF3O2/c1-23(2)26(24,25)17-6-4-3-5-15(17)12-7-8-14(16(19)9-12)13-10-21-18(20)22-11-13;3-2(4,5)1(6)7/h3-11H,1-2H3,(H2,20,21,22);(H,6,7). The van der Waals surface area contributed by atoms with Crippen molar-refractivity contribution >= 4 is 21.9 Å². The number of nitrogen functional groups attached to an aromatic ring is 1. The highest BCUT2D eigenvalue weighted by molar-refractivity contribution is 7.89. The molecular weight excluding hydrogens is 468 g/mol. The number of aromatic nitrogens is 2. The zero-order chi connectivity index (χ0) is 25.0. The van der Waals surface area contributed by atoms with Gasteiger partial charge < -0.3 is 10.8 Å². The van der Waals surface area contributed by atoms with Gasteiger partial charge in [-0.1, -0.05) is 30.3 Å². The van der Waals surface area contributed by atoms with Gasteiger partial charge >= 0.3 is 12.1 Å². The van der Waals surface area contributed by atoms with Crippen molar-refractivity contribution in [1.29, 1.82) is 0 Å². The lowest BCUT2D eigenvalue weighted by molar-refractivity contribution is -0.192. The number of benzene rings is 2. The second-order valence-corrected chi connectivity index (χ2v) is 8.73. The van der Waals surface area contributed by atoms with Gasteiger partial charge in [0.15, 0.2) is 0 Å². The fourth-order valence-corrected chi connectivity index (χ4v) is 3.63. The molecule has 0 fully saturated rings. The lowest BCUT2D eigenvalue weighted by Crippen LogP contribution is -2.22. The summed E-state index contributed by atoms with van der Waals surface area (Å²) in [5.74, 6) is -3.16. The molecule has 0 atom stereocenters. The van der Waals surface area contributed by atoms with Crippen molar-refractivity contribution in [3.8, 4) is 22.3 Å². The molecule has 3 aromatic rings. The molecular formula is C20H18F4N4O4S. The number of carboxylic acid groups (broad SMARTS) is 1. The number of nitrogens with two attached hydrogens (primary N) is 1. The monoisotopic (exact) mass is 486 g/mol. The zero-order valence-corrected chi connectivity index (χ0v) is 18.0. The van der Waals surface area contributed by atoms with Gasteiger partial charge in [-0.15, -0.1) is 0 Å². The first-order valence-corrected chi connectivity index (χ1v) is 10.4. The summed E-state index contributed by atoms with van der Waals surface area (Å²) in [7, 11) is -0.748. The Bertz CT molecular complexity index is 1250. The molecule has 33 heavy (non-hydrogen) atoms. The Kier molecular flexibility index (Phi) is 7.72. The summed E-state index contributed by atoms with van der Waals surface area (Å²) in [6, 6.07) is 11.0. The molecule has 3 N–H and O–H groups in total. The molecule has 0 spiro atoms. The van der Waals surface area contributed by atoms with Crippen LogP contribution in [0.5, 0.6) is 0 Å². The summed E-state index contributed by atoms with van der Waals surface area (Å²) in [4.78, 5) is 16.7. The van der Waals surface area contributed by atoms with Crippen LogP contribution >= 0.6 is 0 Å². The number of anilines is 1. The number of aliphatic carboxylic acids is 1. The van der Waals surface area contributed by atoms with E-state index in [-0.39, 0.29) is 10.8 Å². The second kappa shape index (κ2) is 9.92. The van der Waals surface area contributed by atoms with Crippen molar-refractivity contribution in [2.45, 2.75) is 11.1 Å². The molecule has 0 bridgehead atoms. The predicted octanol–water partition coefficient (Wildman–Crippen LogP) is 3.42. The van der Waals surface area contributed by atoms with Gasteiger partial charge in [0.05, 0.1) is 4.90 Å². The minimum atomic E-state index is -5.08. The Balaban J connectivity index is 0.000000479. The summed E-state index contributed by atoms with van der Waals surface area (Å²) in [6.45, 7) is 0. The maximum Gasteiger partial charge on any atom is 0.490 e. The highest BCUT2D eigenvalue weighted by Gasteiger charge is 2.38. The van der Waals surface area contributed by atoms with Crippen LogP contribution in [-0.4, -0.2) is 54.0 Å². The zero-order valence-electron chi connectivity index (χ0n) is 17.2. The lowest BCUT2D eigenvalue weighted by atomic mass is 10.0. The van der Waals surface area contributed by atoms with Crippen LogP contribution in [0.1, 0.15) is 0 Å². The Morgan fingerprint density at radius 3 is 2.03 bits per heavy atom. The average molecular weight is 486 g/mol. The number of nitrogens with zero attached hydrogens (tertiary/aromatic N) is 3. The summed E-state index contributed by atoms with van der Waals surface area (Å²) in [5, 5.41) is 7.12. The minimum absolute atomic E-state index is 0.105. The quantitative estimate of drug-likeness (QED) is 0.541. The highest BCUT2D eigenvalue weighted by Crippen LogP contribution is 2.32. The van der Waals surface area contributed by atoms with E-state index in [2.05, 4.69) is 9.97 Å². The van der Waals surface area contributed by atoms with Gasteiger partial charge in [0.25, 0.3) is 0 Å². The van der Waals surface area contributed by atoms with Crippen LogP contribution < -0.4 is 5.73 Å². The van der Waals surface area contributed by atoms with Gasteiger partial charge in [0, 0.05) is 43.2 Å². The lowest BCUT2D eigenvalue weighted by Gasteiger charge is -2.15. The third-order valence-electron chi connectivity index (χ3n) is 4.15. The number of rotatable bonds is 4. The van der Waals surface area contributed by atoms with Crippen LogP contribution in [0, 0.1) is 5.82 Å². The Hall–Kier alpha value is -3.58. The summed E-state index contributed by atoms with van der Waals surface area (Å²) in [6.07, 6.45) is -2.21. The van der Waals surface area contributed by atoms with Gasteiger partial charge in [-0.2, -0.15) is 13.2 Å². The normalized spacial score (nSPS) is 11.6. The van der Waals surface area contributed by atoms with Crippen molar-refractivity contribution in [3.63, 3.8) is 0 Å². The average Bonchev–Trinajstić information content (AvgIpc) is 2.74. The molecule has 176 valence electrons. The van der Waals surface area contributed by atoms with Crippen molar-refractivity contribution in [2.24, 2.45) is 0 Å². The molecule has 0 aliphatic carbocycles. The number of carboxylic acids is 1. The SMILES string of the molecule is CN(C)S(=O)(=O)c1ccccc1-c1ccc(-c2cnc(N)nc2)c(F)c1.O=C(O)C(F)(F)F. The molecule has 0 aliphatic rings. The molecule has 1 heterocycles. The van der Waals surface area contributed by atoms with E-state index in [1.807, 2.05) is 0 Å². The van der Waals surface area contributed by atoms with Gasteiger partial charge in [0.2, 0.25) is 16.0 Å². The van der Waals surface area contributed by atoms with Gasteiger partial charge in [0.1, 0.15) is 5.82 Å². The molecule has 13 heteroatoms. The number of carbonyl (C=O) groups is 1. The summed E-state index contributed by atoms with van der Waals surface area (Å²) < 4.78 is 72.6. The second-order valence-electron chi connectivity index (χ2n) is 6.61. The van der Waals surface area contributed by atoms with E-state index in [1.54, 1.807) is 30.3 Å². The molecule has 0 unspecified atom stereocenters. The minimum Gasteiger partial charge on any atom is -0.475 e. The molecule has 8 nitrogen and oxygen atoms in total. The van der Waals surface area contributed by atoms with Crippen LogP contribution in [0.15, 0.2) is 59.8 Å². The molecule has 1 aromatic heterocycles. The number of halogens is 4.